The van der Waals surface area contributed by atoms with E-state index in [-0.39, 0.29) is 0 Å². The zero-order valence-corrected chi connectivity index (χ0v) is 57.9. The Hall–Kier alpha value is -14.1. The topological polar surface area (TPSA) is 19.7 Å². The summed E-state index contributed by atoms with van der Waals surface area (Å²) in [6.45, 7) is 0. The molecule has 0 aliphatic heterocycles. The second-order valence-electron chi connectivity index (χ2n) is 28.0. The number of hydrogen-bond acceptors (Lipinski definition) is 0. The molecule has 106 heavy (non-hydrogen) atoms. The summed E-state index contributed by atoms with van der Waals surface area (Å²) in [5.74, 6) is 0. The molecule has 0 unspecified atom stereocenters. The number of benzene rings is 17. The fourth-order valence-corrected chi connectivity index (χ4v) is 16.8. The lowest BCUT2D eigenvalue weighted by molar-refractivity contribution is 1.18. The zero-order chi connectivity index (χ0) is 69.8. The molecular formula is C102H66N4. The fraction of sp³-hybridized carbons (Fsp3) is 0. The summed E-state index contributed by atoms with van der Waals surface area (Å²) in [4.78, 5) is 0. The highest BCUT2D eigenvalue weighted by molar-refractivity contribution is 6.15. The molecule has 0 fully saturated rings. The van der Waals surface area contributed by atoms with E-state index in [9.17, 15) is 0 Å². The predicted octanol–water partition coefficient (Wildman–Crippen LogP) is 27.4. The van der Waals surface area contributed by atoms with Crippen molar-refractivity contribution in [1.82, 2.24) is 18.3 Å². The lowest BCUT2D eigenvalue weighted by atomic mass is 9.96. The molecule has 0 saturated carbocycles. The molecule has 0 bridgehead atoms. The summed E-state index contributed by atoms with van der Waals surface area (Å²) in [6, 6.07) is 147. The minimum atomic E-state index is 1.12. The van der Waals surface area contributed by atoms with Crippen molar-refractivity contribution in [2.45, 2.75) is 0 Å². The van der Waals surface area contributed by atoms with E-state index < -0.39 is 0 Å². The Morgan fingerprint density at radius 3 is 0.726 bits per heavy atom. The van der Waals surface area contributed by atoms with Gasteiger partial charge in [-0.25, -0.2) is 0 Å². The highest BCUT2D eigenvalue weighted by Crippen LogP contribution is 2.43. The average Bonchev–Trinajstić information content (AvgIpc) is 1.59. The lowest BCUT2D eigenvalue weighted by Crippen LogP contribution is -1.95. The molecule has 4 heterocycles. The minimum absolute atomic E-state index is 1.12. The summed E-state index contributed by atoms with van der Waals surface area (Å²) in [7, 11) is 0. The standard InChI is InChI=1S/C102H66N4/c1-3-18-67(19-4-1)69-36-38-71(39-37-69)78-26-17-27-86(62-78)106-96-33-12-8-29-88(96)92-57-47-82(66-102(92)106)81-46-56-91-87-28-7-11-32-95(87)105(101(91)65-81)85-54-44-73(45-55-85)75-23-16-25-77(61-75)76-24-15-22-74(60-76)72-42-52-84(53-43-72)104-98-35-14-10-31-90(98)94-64-80(49-59-100(94)104)79-48-58-99-93(63-79)89-30-9-13-34-97(89)103(99)83-50-40-70(41-51-83)68-20-5-2-6-21-68/h1-66H. The summed E-state index contributed by atoms with van der Waals surface area (Å²) >= 11 is 0. The van der Waals surface area contributed by atoms with Gasteiger partial charge in [0, 0.05) is 65.8 Å². The van der Waals surface area contributed by atoms with Crippen LogP contribution in [0.25, 0.3) is 199 Å². The summed E-state index contributed by atoms with van der Waals surface area (Å²) in [5.41, 5.74) is 33.0. The van der Waals surface area contributed by atoms with Gasteiger partial charge in [0.25, 0.3) is 0 Å². The largest absolute Gasteiger partial charge is 0.309 e. The van der Waals surface area contributed by atoms with Gasteiger partial charge in [-0.2, -0.15) is 0 Å². The quantitative estimate of drug-likeness (QED) is 0.116. The maximum absolute atomic E-state index is 2.44. The summed E-state index contributed by atoms with van der Waals surface area (Å²) < 4.78 is 9.70. The van der Waals surface area contributed by atoms with Crippen LogP contribution in [0.3, 0.4) is 0 Å². The van der Waals surface area contributed by atoms with Crippen LogP contribution in [0.2, 0.25) is 0 Å². The molecule has 17 aromatic carbocycles. The molecule has 0 aliphatic carbocycles. The monoisotopic (exact) mass is 1350 g/mol. The Bertz CT molecular complexity index is 7010. The first kappa shape index (κ1) is 60.7. The van der Waals surface area contributed by atoms with Crippen LogP contribution in [0.15, 0.2) is 400 Å². The van der Waals surface area contributed by atoms with Crippen molar-refractivity contribution in [3.05, 3.63) is 400 Å². The van der Waals surface area contributed by atoms with Gasteiger partial charge in [0.1, 0.15) is 0 Å². The molecule has 0 spiro atoms. The third-order valence-corrected chi connectivity index (χ3v) is 22.0. The Morgan fingerprint density at radius 1 is 0.104 bits per heavy atom. The maximum atomic E-state index is 2.44. The third-order valence-electron chi connectivity index (χ3n) is 22.0. The molecule has 0 radical (unpaired) electrons. The van der Waals surface area contributed by atoms with Gasteiger partial charge < -0.3 is 18.3 Å². The van der Waals surface area contributed by atoms with E-state index in [4.69, 9.17) is 0 Å². The molecule has 0 saturated heterocycles. The number of fused-ring (bicyclic) bond motifs is 12. The highest BCUT2D eigenvalue weighted by atomic mass is 15.0. The Labute approximate surface area is 613 Å². The van der Waals surface area contributed by atoms with Crippen LogP contribution in [0.4, 0.5) is 0 Å². The van der Waals surface area contributed by atoms with Gasteiger partial charge in [0.05, 0.1) is 44.1 Å². The van der Waals surface area contributed by atoms with E-state index in [1.54, 1.807) is 0 Å². The first-order chi connectivity index (χ1) is 52.5. The van der Waals surface area contributed by atoms with Crippen molar-refractivity contribution in [1.29, 1.82) is 0 Å². The van der Waals surface area contributed by atoms with Crippen molar-refractivity contribution in [2.24, 2.45) is 0 Å². The summed E-state index contributed by atoms with van der Waals surface area (Å²) in [6.07, 6.45) is 0. The van der Waals surface area contributed by atoms with Gasteiger partial charge in [-0.3, -0.25) is 0 Å². The van der Waals surface area contributed by atoms with Crippen LogP contribution >= 0.6 is 0 Å². The number of nitrogens with zero attached hydrogens (tertiary/aromatic N) is 4. The van der Waals surface area contributed by atoms with Crippen molar-refractivity contribution in [2.75, 3.05) is 0 Å². The van der Waals surface area contributed by atoms with Gasteiger partial charge in [0.15, 0.2) is 0 Å². The molecule has 494 valence electrons. The van der Waals surface area contributed by atoms with E-state index in [1.165, 1.54) is 176 Å². The van der Waals surface area contributed by atoms with E-state index in [1.807, 2.05) is 0 Å². The molecule has 0 atom stereocenters. The van der Waals surface area contributed by atoms with Gasteiger partial charge in [-0.05, 0) is 210 Å². The first-order valence-corrected chi connectivity index (χ1v) is 36.5. The van der Waals surface area contributed by atoms with Crippen LogP contribution in [0.1, 0.15) is 0 Å². The van der Waals surface area contributed by atoms with Crippen LogP contribution in [-0.2, 0) is 0 Å². The molecule has 0 amide bonds. The number of hydrogen-bond donors (Lipinski definition) is 0. The Kier molecular flexibility index (Phi) is 14.2. The van der Waals surface area contributed by atoms with E-state index in [0.717, 1.165) is 22.7 Å². The third kappa shape index (κ3) is 10.2. The second-order valence-corrected chi connectivity index (χ2v) is 28.0. The van der Waals surface area contributed by atoms with Crippen LogP contribution in [0.5, 0.6) is 0 Å². The molecular weight excluding hydrogens is 1280 g/mol. The van der Waals surface area contributed by atoms with E-state index >= 15 is 0 Å². The molecule has 4 heteroatoms. The summed E-state index contributed by atoms with van der Waals surface area (Å²) in [5, 5.41) is 9.87. The first-order valence-electron chi connectivity index (χ1n) is 36.5. The SMILES string of the molecule is c1ccc(-c2ccc(-c3cccc(-n4c5ccccc5c5ccc(-c6ccc7c8ccccc8n(-c8ccc(-c9cccc(-c%10cccc(-c%11ccc(-n%12c%13ccccc%13c%13cc(-c%14ccc%15c(c%14)c%14ccccc%14n%15-c%14ccc(-c%15ccccc%15)cc%14)ccc%13%12)cc%11)c%10)c9)cc8)c7c6)cc54)c3)cc2)cc1. The van der Waals surface area contributed by atoms with Crippen molar-refractivity contribution < 1.29 is 0 Å². The molecule has 0 N–H and O–H groups in total. The minimum Gasteiger partial charge on any atom is -0.309 e. The lowest BCUT2D eigenvalue weighted by Gasteiger charge is -2.13. The van der Waals surface area contributed by atoms with E-state index in [0.29, 0.717) is 0 Å². The fourth-order valence-electron chi connectivity index (χ4n) is 16.8. The normalized spacial score (nSPS) is 11.8. The van der Waals surface area contributed by atoms with Crippen molar-refractivity contribution >= 4 is 87.2 Å². The van der Waals surface area contributed by atoms with Crippen molar-refractivity contribution in [3.63, 3.8) is 0 Å². The Morgan fingerprint density at radius 2 is 0.330 bits per heavy atom. The van der Waals surface area contributed by atoms with Gasteiger partial charge >= 0.3 is 0 Å². The smallest absolute Gasteiger partial charge is 0.0547 e. The average molecular weight is 1350 g/mol. The Balaban J connectivity index is 0.558. The van der Waals surface area contributed by atoms with Crippen LogP contribution in [-0.4, -0.2) is 18.3 Å². The number of aromatic nitrogens is 4. The molecule has 21 rings (SSSR count). The second kappa shape index (κ2) is 24.9. The van der Waals surface area contributed by atoms with Crippen LogP contribution in [0, 0.1) is 0 Å². The molecule has 0 aliphatic rings. The molecule has 4 aromatic heterocycles. The molecule has 4 nitrogen and oxygen atoms in total. The van der Waals surface area contributed by atoms with Gasteiger partial charge in [0.2, 0.25) is 0 Å². The van der Waals surface area contributed by atoms with Gasteiger partial charge in [-0.15, -0.1) is 0 Å². The molecule has 21 aromatic rings. The van der Waals surface area contributed by atoms with Crippen molar-refractivity contribution in [3.8, 4) is 112 Å². The van der Waals surface area contributed by atoms with Crippen LogP contribution < -0.4 is 0 Å². The maximum Gasteiger partial charge on any atom is 0.0547 e. The van der Waals surface area contributed by atoms with Gasteiger partial charge in [-0.1, -0.05) is 279 Å². The zero-order valence-electron chi connectivity index (χ0n) is 57.9. The predicted molar refractivity (Wildman–Crippen MR) is 447 cm³/mol. The van der Waals surface area contributed by atoms with E-state index in [2.05, 4.69) is 419 Å². The number of rotatable bonds is 12. The number of para-hydroxylation sites is 4. The highest BCUT2D eigenvalue weighted by Gasteiger charge is 2.21.